The summed E-state index contributed by atoms with van der Waals surface area (Å²) in [5, 5.41) is 0. The number of carbonyl (C=O) groups excluding carboxylic acids is 1. The Hall–Kier alpha value is -0.610. The van der Waals surface area contributed by atoms with Crippen molar-refractivity contribution in [2.45, 2.75) is 31.7 Å². The van der Waals surface area contributed by atoms with E-state index < -0.39 is 0 Å². The monoisotopic (exact) mass is 214 g/mol. The van der Waals surface area contributed by atoms with E-state index >= 15 is 0 Å². The molecule has 0 spiro atoms. The van der Waals surface area contributed by atoms with Crippen LogP contribution in [0.2, 0.25) is 0 Å². The first-order valence-electron chi connectivity index (χ1n) is 5.66. The van der Waals surface area contributed by atoms with E-state index in [1.165, 1.54) is 26.4 Å². The van der Waals surface area contributed by atoms with E-state index in [9.17, 15) is 4.79 Å². The summed E-state index contributed by atoms with van der Waals surface area (Å²) in [4.78, 5) is 13.3. The minimum Gasteiger partial charge on any atom is -0.469 e. The zero-order valence-electron chi connectivity index (χ0n) is 9.74. The van der Waals surface area contributed by atoms with Crippen LogP contribution in [-0.4, -0.2) is 44.2 Å². The number of rotatable bonds is 5. The van der Waals surface area contributed by atoms with E-state index in [0.717, 1.165) is 13.1 Å². The second-order valence-corrected chi connectivity index (χ2v) is 4.30. The summed E-state index contributed by atoms with van der Waals surface area (Å²) in [6.07, 6.45) is 4.17. The molecule has 88 valence electrons. The summed E-state index contributed by atoms with van der Waals surface area (Å²) in [6, 6.07) is 0.555. The molecule has 0 aliphatic heterocycles. The number of ether oxygens (including phenoxy) is 1. The highest BCUT2D eigenvalue weighted by Gasteiger charge is 2.29. The summed E-state index contributed by atoms with van der Waals surface area (Å²) in [5.41, 5.74) is 5.73. The Morgan fingerprint density at radius 3 is 2.87 bits per heavy atom. The predicted molar refractivity (Wildman–Crippen MR) is 59.4 cm³/mol. The molecule has 0 bridgehead atoms. The molecule has 1 rings (SSSR count). The Balaban J connectivity index is 2.32. The van der Waals surface area contributed by atoms with Gasteiger partial charge in [0, 0.05) is 12.6 Å². The molecule has 4 nitrogen and oxygen atoms in total. The first kappa shape index (κ1) is 12.5. The molecular formula is C11H22N2O2. The molecule has 1 fully saturated rings. The van der Waals surface area contributed by atoms with Gasteiger partial charge in [-0.1, -0.05) is 6.42 Å². The number of nitrogens with zero attached hydrogens (tertiary/aromatic N) is 1. The molecule has 0 saturated heterocycles. The quantitative estimate of drug-likeness (QED) is 0.681. The fraction of sp³-hybridized carbons (Fsp3) is 0.909. The van der Waals surface area contributed by atoms with Gasteiger partial charge in [0.05, 0.1) is 13.5 Å². The third kappa shape index (κ3) is 3.47. The lowest BCUT2D eigenvalue weighted by Gasteiger charge is -2.28. The molecule has 0 radical (unpaired) electrons. The van der Waals surface area contributed by atoms with E-state index in [4.69, 9.17) is 5.73 Å². The van der Waals surface area contributed by atoms with Gasteiger partial charge in [-0.3, -0.25) is 4.79 Å². The summed E-state index contributed by atoms with van der Waals surface area (Å²) in [7, 11) is 3.50. The highest BCUT2D eigenvalue weighted by molar-refractivity contribution is 5.69. The predicted octanol–water partition coefficient (Wildman–Crippen LogP) is 0.609. The Morgan fingerprint density at radius 2 is 2.27 bits per heavy atom. The maximum Gasteiger partial charge on any atom is 0.306 e. The van der Waals surface area contributed by atoms with Crippen LogP contribution in [0.3, 0.4) is 0 Å². The second kappa shape index (κ2) is 6.08. The Kier molecular flexibility index (Phi) is 5.05. The Morgan fingerprint density at radius 1 is 1.53 bits per heavy atom. The van der Waals surface area contributed by atoms with Crippen LogP contribution < -0.4 is 5.73 Å². The van der Waals surface area contributed by atoms with Crippen LogP contribution in [0.5, 0.6) is 0 Å². The highest BCUT2D eigenvalue weighted by Crippen LogP contribution is 2.28. The largest absolute Gasteiger partial charge is 0.469 e. The van der Waals surface area contributed by atoms with Gasteiger partial charge in [-0.15, -0.1) is 0 Å². The van der Waals surface area contributed by atoms with Crippen molar-refractivity contribution in [3.63, 3.8) is 0 Å². The third-order valence-electron chi connectivity index (χ3n) is 3.38. The fourth-order valence-corrected chi connectivity index (χ4v) is 2.41. The maximum absolute atomic E-state index is 11.0. The van der Waals surface area contributed by atoms with Gasteiger partial charge < -0.3 is 15.4 Å². The van der Waals surface area contributed by atoms with Crippen LogP contribution in [0.1, 0.15) is 25.7 Å². The van der Waals surface area contributed by atoms with Crippen LogP contribution in [0.4, 0.5) is 0 Å². The molecule has 2 unspecified atom stereocenters. The van der Waals surface area contributed by atoms with Crippen molar-refractivity contribution in [2.75, 3.05) is 27.2 Å². The standard InChI is InChI=1S/C11H22N2O2/c1-13(7-6-11(14)15-2)10-5-3-4-9(10)8-12/h9-10H,3-8,12H2,1-2H3. The zero-order valence-corrected chi connectivity index (χ0v) is 9.74. The van der Waals surface area contributed by atoms with Crippen molar-refractivity contribution in [2.24, 2.45) is 11.7 Å². The van der Waals surface area contributed by atoms with E-state index in [-0.39, 0.29) is 5.97 Å². The number of nitrogens with two attached hydrogens (primary N) is 1. The normalized spacial score (nSPS) is 25.9. The maximum atomic E-state index is 11.0. The van der Waals surface area contributed by atoms with E-state index in [2.05, 4.69) is 16.7 Å². The molecule has 1 saturated carbocycles. The lowest BCUT2D eigenvalue weighted by Crippen LogP contribution is -2.38. The van der Waals surface area contributed by atoms with E-state index in [1.807, 2.05) is 0 Å². The number of hydrogen-bond acceptors (Lipinski definition) is 4. The Bertz CT molecular complexity index is 209. The summed E-state index contributed by atoms with van der Waals surface area (Å²) < 4.78 is 4.63. The van der Waals surface area contributed by atoms with Gasteiger partial charge in [0.25, 0.3) is 0 Å². The van der Waals surface area contributed by atoms with Gasteiger partial charge >= 0.3 is 5.97 Å². The molecule has 2 atom stereocenters. The van der Waals surface area contributed by atoms with Crippen molar-refractivity contribution in [3.05, 3.63) is 0 Å². The number of carbonyl (C=O) groups is 1. The van der Waals surface area contributed by atoms with Crippen LogP contribution in [0.25, 0.3) is 0 Å². The molecular weight excluding hydrogens is 192 g/mol. The highest BCUT2D eigenvalue weighted by atomic mass is 16.5. The average molecular weight is 214 g/mol. The minimum atomic E-state index is -0.135. The van der Waals surface area contributed by atoms with Crippen molar-refractivity contribution in [1.29, 1.82) is 0 Å². The molecule has 2 N–H and O–H groups in total. The SMILES string of the molecule is COC(=O)CCN(C)C1CCCC1CN. The van der Waals surface area contributed by atoms with Crippen molar-refractivity contribution >= 4 is 5.97 Å². The van der Waals surface area contributed by atoms with Crippen molar-refractivity contribution < 1.29 is 9.53 Å². The average Bonchev–Trinajstić information content (AvgIpc) is 2.73. The van der Waals surface area contributed by atoms with Crippen molar-refractivity contribution in [3.8, 4) is 0 Å². The van der Waals surface area contributed by atoms with Crippen LogP contribution in [0, 0.1) is 5.92 Å². The van der Waals surface area contributed by atoms with Gasteiger partial charge in [-0.25, -0.2) is 0 Å². The summed E-state index contributed by atoms with van der Waals surface area (Å²) in [5.74, 6) is 0.469. The van der Waals surface area contributed by atoms with Gasteiger partial charge in [-0.05, 0) is 32.4 Å². The molecule has 15 heavy (non-hydrogen) atoms. The van der Waals surface area contributed by atoms with Gasteiger partial charge in [0.2, 0.25) is 0 Å². The number of esters is 1. The topological polar surface area (TPSA) is 55.6 Å². The number of methoxy groups -OCH3 is 1. The van der Waals surface area contributed by atoms with Crippen LogP contribution >= 0.6 is 0 Å². The summed E-state index contributed by atoms with van der Waals surface area (Å²) in [6.45, 7) is 1.53. The summed E-state index contributed by atoms with van der Waals surface area (Å²) >= 11 is 0. The van der Waals surface area contributed by atoms with Gasteiger partial charge in [-0.2, -0.15) is 0 Å². The fourth-order valence-electron chi connectivity index (χ4n) is 2.41. The van der Waals surface area contributed by atoms with Gasteiger partial charge in [0.1, 0.15) is 0 Å². The lowest BCUT2D eigenvalue weighted by atomic mass is 10.0. The lowest BCUT2D eigenvalue weighted by molar-refractivity contribution is -0.141. The van der Waals surface area contributed by atoms with Crippen molar-refractivity contribution in [1.82, 2.24) is 4.90 Å². The van der Waals surface area contributed by atoms with E-state index in [0.29, 0.717) is 18.4 Å². The van der Waals surface area contributed by atoms with E-state index in [1.54, 1.807) is 0 Å². The molecule has 0 aromatic heterocycles. The molecule has 0 aromatic rings. The number of hydrogen-bond donors (Lipinski definition) is 1. The smallest absolute Gasteiger partial charge is 0.306 e. The van der Waals surface area contributed by atoms with Crippen LogP contribution in [0.15, 0.2) is 0 Å². The second-order valence-electron chi connectivity index (χ2n) is 4.30. The minimum absolute atomic E-state index is 0.135. The Labute approximate surface area is 91.8 Å². The molecule has 4 heteroatoms. The molecule has 1 aliphatic carbocycles. The van der Waals surface area contributed by atoms with Crippen LogP contribution in [-0.2, 0) is 9.53 Å². The molecule has 0 heterocycles. The third-order valence-corrected chi connectivity index (χ3v) is 3.38. The molecule has 0 amide bonds. The first-order valence-corrected chi connectivity index (χ1v) is 5.66. The van der Waals surface area contributed by atoms with Gasteiger partial charge in [0.15, 0.2) is 0 Å². The molecule has 0 aromatic carbocycles. The zero-order chi connectivity index (χ0) is 11.3. The molecule has 1 aliphatic rings. The first-order chi connectivity index (χ1) is 7.19.